The van der Waals surface area contributed by atoms with Crippen LogP contribution in [0.25, 0.3) is 0 Å². The lowest BCUT2D eigenvalue weighted by Crippen LogP contribution is -2.08. The maximum Gasteiger partial charge on any atom is 0.358 e. The fourth-order valence-electron chi connectivity index (χ4n) is 1.44. The zero-order valence-electron chi connectivity index (χ0n) is 10.8. The first kappa shape index (κ1) is 12.9. The van der Waals surface area contributed by atoms with Gasteiger partial charge in [-0.05, 0) is 30.7 Å². The number of methoxy groups -OCH3 is 1. The van der Waals surface area contributed by atoms with E-state index in [1.807, 2.05) is 19.1 Å². The molecule has 98 valence electrons. The number of nitrogens with one attached hydrogen (secondary N) is 1. The summed E-state index contributed by atoms with van der Waals surface area (Å²) in [5.41, 5.74) is 2.21. The Bertz CT molecular complexity index is 552. The molecule has 2 aromatic heterocycles. The van der Waals surface area contributed by atoms with Crippen LogP contribution in [0.15, 0.2) is 30.5 Å². The molecule has 0 spiro atoms. The quantitative estimate of drug-likeness (QED) is 0.839. The smallest absolute Gasteiger partial charge is 0.358 e. The lowest BCUT2D eigenvalue weighted by atomic mass is 10.2. The summed E-state index contributed by atoms with van der Waals surface area (Å²) < 4.78 is 4.55. The van der Waals surface area contributed by atoms with Crippen molar-refractivity contribution in [3.05, 3.63) is 47.4 Å². The second-order valence-corrected chi connectivity index (χ2v) is 3.96. The van der Waals surface area contributed by atoms with E-state index >= 15 is 0 Å². The molecule has 2 rings (SSSR count). The molecular weight excluding hydrogens is 244 g/mol. The number of rotatable bonds is 4. The van der Waals surface area contributed by atoms with Crippen molar-refractivity contribution in [2.75, 3.05) is 12.4 Å². The minimum Gasteiger partial charge on any atom is -0.464 e. The van der Waals surface area contributed by atoms with Crippen LogP contribution in [0.2, 0.25) is 0 Å². The molecule has 6 nitrogen and oxygen atoms in total. The highest BCUT2D eigenvalue weighted by atomic mass is 16.5. The van der Waals surface area contributed by atoms with E-state index in [1.165, 1.54) is 7.11 Å². The van der Waals surface area contributed by atoms with E-state index in [-0.39, 0.29) is 5.69 Å². The molecule has 1 N–H and O–H groups in total. The molecule has 0 saturated heterocycles. The van der Waals surface area contributed by atoms with E-state index in [4.69, 9.17) is 0 Å². The Morgan fingerprint density at radius 3 is 2.68 bits per heavy atom. The maximum absolute atomic E-state index is 11.2. The molecule has 2 heterocycles. The second-order valence-electron chi connectivity index (χ2n) is 3.96. The van der Waals surface area contributed by atoms with Crippen molar-refractivity contribution >= 4 is 11.8 Å². The Kier molecular flexibility index (Phi) is 4.02. The molecule has 0 aromatic carbocycles. The average Bonchev–Trinajstić information content (AvgIpc) is 2.46. The van der Waals surface area contributed by atoms with Crippen molar-refractivity contribution in [2.24, 2.45) is 0 Å². The summed E-state index contributed by atoms with van der Waals surface area (Å²) in [4.78, 5) is 15.4. The van der Waals surface area contributed by atoms with Gasteiger partial charge in [-0.25, -0.2) is 4.79 Å². The molecule has 0 fully saturated rings. The van der Waals surface area contributed by atoms with Crippen LogP contribution in [0.3, 0.4) is 0 Å². The largest absolute Gasteiger partial charge is 0.464 e. The normalized spacial score (nSPS) is 10.0. The number of aromatic nitrogens is 3. The number of hydrogen-bond acceptors (Lipinski definition) is 6. The fraction of sp³-hybridized carbons (Fsp3) is 0.231. The first-order valence-corrected chi connectivity index (χ1v) is 5.76. The van der Waals surface area contributed by atoms with Gasteiger partial charge in [0.25, 0.3) is 0 Å². The topological polar surface area (TPSA) is 77.0 Å². The van der Waals surface area contributed by atoms with Gasteiger partial charge in [0.2, 0.25) is 0 Å². The molecule has 0 radical (unpaired) electrons. The molecule has 0 bridgehead atoms. The molecule has 2 aromatic rings. The Balaban J connectivity index is 1.96. The molecule has 6 heteroatoms. The summed E-state index contributed by atoms with van der Waals surface area (Å²) >= 11 is 0. The van der Waals surface area contributed by atoms with Crippen molar-refractivity contribution < 1.29 is 9.53 Å². The first-order chi connectivity index (χ1) is 9.19. The number of aryl methyl sites for hydroxylation is 1. The van der Waals surface area contributed by atoms with Gasteiger partial charge in [-0.15, -0.1) is 10.2 Å². The summed E-state index contributed by atoms with van der Waals surface area (Å²) in [6, 6.07) is 7.18. The predicted molar refractivity (Wildman–Crippen MR) is 69.7 cm³/mol. The van der Waals surface area contributed by atoms with Gasteiger partial charge in [0.1, 0.15) is 5.82 Å². The van der Waals surface area contributed by atoms with Crippen molar-refractivity contribution in [1.82, 2.24) is 15.2 Å². The number of anilines is 1. The van der Waals surface area contributed by atoms with Crippen LogP contribution >= 0.6 is 0 Å². The van der Waals surface area contributed by atoms with Gasteiger partial charge >= 0.3 is 5.97 Å². The van der Waals surface area contributed by atoms with Gasteiger partial charge < -0.3 is 10.1 Å². The summed E-state index contributed by atoms with van der Waals surface area (Å²) in [5.74, 6) is 0.0926. The molecule has 0 saturated carbocycles. The lowest BCUT2D eigenvalue weighted by molar-refractivity contribution is 0.0593. The fourth-order valence-corrected chi connectivity index (χ4v) is 1.44. The zero-order chi connectivity index (χ0) is 13.7. The molecule has 0 aliphatic rings. The highest BCUT2D eigenvalue weighted by Crippen LogP contribution is 2.06. The van der Waals surface area contributed by atoms with Crippen molar-refractivity contribution in [3.8, 4) is 0 Å². The Morgan fingerprint density at radius 2 is 2.11 bits per heavy atom. The van der Waals surface area contributed by atoms with Crippen molar-refractivity contribution in [2.45, 2.75) is 13.5 Å². The van der Waals surface area contributed by atoms with E-state index in [9.17, 15) is 4.79 Å². The molecule has 0 amide bonds. The van der Waals surface area contributed by atoms with Gasteiger partial charge in [0.05, 0.1) is 7.11 Å². The number of nitrogens with zero attached hydrogens (tertiary/aromatic N) is 3. The van der Waals surface area contributed by atoms with Crippen LogP contribution in [0, 0.1) is 6.92 Å². The third-order valence-corrected chi connectivity index (χ3v) is 2.51. The minimum absolute atomic E-state index is 0.185. The van der Waals surface area contributed by atoms with E-state index in [2.05, 4.69) is 25.2 Å². The third kappa shape index (κ3) is 3.48. The number of ether oxygens (including phenoxy) is 1. The number of esters is 1. The van der Waals surface area contributed by atoms with Crippen LogP contribution < -0.4 is 5.32 Å². The van der Waals surface area contributed by atoms with Gasteiger partial charge in [-0.1, -0.05) is 6.07 Å². The number of pyridine rings is 1. The third-order valence-electron chi connectivity index (χ3n) is 2.51. The van der Waals surface area contributed by atoms with Crippen LogP contribution in [0.1, 0.15) is 21.7 Å². The van der Waals surface area contributed by atoms with Crippen molar-refractivity contribution in [3.63, 3.8) is 0 Å². The molecule has 19 heavy (non-hydrogen) atoms. The van der Waals surface area contributed by atoms with Gasteiger partial charge in [-0.2, -0.15) is 0 Å². The van der Waals surface area contributed by atoms with Crippen LogP contribution in [-0.2, 0) is 11.3 Å². The van der Waals surface area contributed by atoms with Gasteiger partial charge in [-0.3, -0.25) is 4.98 Å². The average molecular weight is 258 g/mol. The predicted octanol–water partition coefficient (Wildman–Crippen LogP) is 1.58. The van der Waals surface area contributed by atoms with Crippen LogP contribution in [0.4, 0.5) is 5.82 Å². The highest BCUT2D eigenvalue weighted by Gasteiger charge is 2.07. The van der Waals surface area contributed by atoms with Gasteiger partial charge in [0, 0.05) is 18.4 Å². The Morgan fingerprint density at radius 1 is 1.26 bits per heavy atom. The first-order valence-electron chi connectivity index (χ1n) is 5.76. The summed E-state index contributed by atoms with van der Waals surface area (Å²) in [6.45, 7) is 2.54. The van der Waals surface area contributed by atoms with E-state index in [0.717, 1.165) is 11.3 Å². The monoisotopic (exact) mass is 258 g/mol. The number of hydrogen-bond donors (Lipinski definition) is 1. The minimum atomic E-state index is -0.498. The summed E-state index contributed by atoms with van der Waals surface area (Å²) in [7, 11) is 1.31. The lowest BCUT2D eigenvalue weighted by Gasteiger charge is -2.05. The molecular formula is C13H14N4O2. The second kappa shape index (κ2) is 5.90. The zero-order valence-corrected chi connectivity index (χ0v) is 10.8. The summed E-state index contributed by atoms with van der Waals surface area (Å²) in [5, 5.41) is 10.8. The number of carbonyl (C=O) groups excluding carboxylic acids is 1. The van der Waals surface area contributed by atoms with Gasteiger partial charge in [0.15, 0.2) is 5.69 Å². The molecule has 0 atom stereocenters. The highest BCUT2D eigenvalue weighted by molar-refractivity contribution is 5.86. The molecule has 0 unspecified atom stereocenters. The SMILES string of the molecule is COC(=O)c1ccc(NCc2ccc(C)nc2)nn1. The Labute approximate surface area is 110 Å². The maximum atomic E-state index is 11.2. The van der Waals surface area contributed by atoms with E-state index in [1.54, 1.807) is 18.3 Å². The van der Waals surface area contributed by atoms with Crippen molar-refractivity contribution in [1.29, 1.82) is 0 Å². The Hall–Kier alpha value is -2.50. The summed E-state index contributed by atoms with van der Waals surface area (Å²) in [6.07, 6.45) is 1.80. The van der Waals surface area contributed by atoms with E-state index in [0.29, 0.717) is 12.4 Å². The number of carbonyl (C=O) groups is 1. The molecule has 0 aliphatic carbocycles. The van der Waals surface area contributed by atoms with Crippen LogP contribution in [-0.4, -0.2) is 28.3 Å². The van der Waals surface area contributed by atoms with E-state index < -0.39 is 5.97 Å². The van der Waals surface area contributed by atoms with Crippen LogP contribution in [0.5, 0.6) is 0 Å². The standard InChI is InChI=1S/C13H14N4O2/c1-9-3-4-10(7-14-9)8-15-12-6-5-11(16-17-12)13(18)19-2/h3-7H,8H2,1-2H3,(H,15,17). The molecule has 0 aliphatic heterocycles.